The lowest BCUT2D eigenvalue weighted by molar-refractivity contribution is 0.533. The molecule has 1 atom stereocenters. The molecule has 0 amide bonds. The lowest BCUT2D eigenvalue weighted by Crippen LogP contribution is -2.31. The Morgan fingerprint density at radius 2 is 2.00 bits per heavy atom. The van der Waals surface area contributed by atoms with E-state index in [-0.39, 0.29) is 5.82 Å². The van der Waals surface area contributed by atoms with E-state index in [1.54, 1.807) is 12.1 Å². The Labute approximate surface area is 133 Å². The second-order valence-electron chi connectivity index (χ2n) is 6.00. The Kier molecular flexibility index (Phi) is 8.12. The van der Waals surface area contributed by atoms with Gasteiger partial charge in [-0.3, -0.25) is 0 Å². The van der Waals surface area contributed by atoms with E-state index in [0.29, 0.717) is 18.5 Å². The van der Waals surface area contributed by atoms with Crippen LogP contribution in [0.4, 0.5) is 10.1 Å². The molecule has 0 bridgehead atoms. The quantitative estimate of drug-likeness (QED) is 0.737. The summed E-state index contributed by atoms with van der Waals surface area (Å²) in [5.74, 6) is 1.58. The van der Waals surface area contributed by atoms with Gasteiger partial charge in [-0.05, 0) is 49.9 Å². The largest absolute Gasteiger partial charge is 0.372 e. The fourth-order valence-electron chi connectivity index (χ4n) is 2.26. The van der Waals surface area contributed by atoms with Gasteiger partial charge in [0.05, 0.1) is 0 Å². The standard InChI is InChI=1S/C17H29FN2S/c1-13(2)11-19-12-15-16(18)7-6-8-17(15)20(4)14(3)9-10-21-5/h6-8,13-14,19H,9-12H2,1-5H3. The summed E-state index contributed by atoms with van der Waals surface area (Å²) in [6.07, 6.45) is 3.23. The highest BCUT2D eigenvalue weighted by atomic mass is 32.2. The second-order valence-corrected chi connectivity index (χ2v) is 6.99. The highest BCUT2D eigenvalue weighted by Crippen LogP contribution is 2.25. The van der Waals surface area contributed by atoms with E-state index in [0.717, 1.165) is 30.0 Å². The SMILES string of the molecule is CSCCC(C)N(C)c1cccc(F)c1CNCC(C)C. The van der Waals surface area contributed by atoms with Gasteiger partial charge in [0.1, 0.15) is 5.82 Å². The third-order valence-corrected chi connectivity index (χ3v) is 4.37. The Bertz CT molecular complexity index is 423. The number of hydrogen-bond donors (Lipinski definition) is 1. The summed E-state index contributed by atoms with van der Waals surface area (Å²) in [5, 5.41) is 3.35. The Hall–Kier alpha value is -0.740. The summed E-state index contributed by atoms with van der Waals surface area (Å²) in [5.41, 5.74) is 1.77. The third kappa shape index (κ3) is 5.87. The fraction of sp³-hybridized carbons (Fsp3) is 0.647. The fourth-order valence-corrected chi connectivity index (χ4v) is 2.83. The van der Waals surface area contributed by atoms with Crippen LogP contribution in [0.25, 0.3) is 0 Å². The number of halogens is 1. The van der Waals surface area contributed by atoms with Crippen LogP contribution in [0.5, 0.6) is 0 Å². The minimum atomic E-state index is -0.118. The zero-order valence-corrected chi connectivity index (χ0v) is 14.8. The van der Waals surface area contributed by atoms with Gasteiger partial charge >= 0.3 is 0 Å². The first-order valence-electron chi connectivity index (χ1n) is 7.67. The van der Waals surface area contributed by atoms with Crippen LogP contribution in [-0.4, -0.2) is 31.6 Å². The highest BCUT2D eigenvalue weighted by Gasteiger charge is 2.16. The van der Waals surface area contributed by atoms with Crippen molar-refractivity contribution in [2.45, 2.75) is 39.8 Å². The molecule has 0 saturated carbocycles. The first kappa shape index (κ1) is 18.3. The molecule has 21 heavy (non-hydrogen) atoms. The average molecular weight is 312 g/mol. The molecule has 4 heteroatoms. The van der Waals surface area contributed by atoms with Gasteiger partial charge in [-0.1, -0.05) is 19.9 Å². The lowest BCUT2D eigenvalue weighted by atomic mass is 10.1. The molecule has 0 spiro atoms. The molecule has 1 N–H and O–H groups in total. The van der Waals surface area contributed by atoms with Crippen molar-refractivity contribution in [3.63, 3.8) is 0 Å². The topological polar surface area (TPSA) is 15.3 Å². The maximum atomic E-state index is 14.2. The molecule has 1 aromatic carbocycles. The van der Waals surface area contributed by atoms with Crippen LogP contribution in [0.15, 0.2) is 18.2 Å². The summed E-state index contributed by atoms with van der Waals surface area (Å²) in [6, 6.07) is 5.78. The number of anilines is 1. The molecular weight excluding hydrogens is 283 g/mol. The predicted molar refractivity (Wildman–Crippen MR) is 93.8 cm³/mol. The van der Waals surface area contributed by atoms with Crippen molar-refractivity contribution >= 4 is 17.4 Å². The minimum Gasteiger partial charge on any atom is -0.372 e. The van der Waals surface area contributed by atoms with E-state index in [4.69, 9.17) is 0 Å². The Morgan fingerprint density at radius 3 is 2.62 bits per heavy atom. The molecule has 0 saturated heterocycles. The van der Waals surface area contributed by atoms with Gasteiger partial charge in [-0.25, -0.2) is 4.39 Å². The molecular formula is C17H29FN2S. The van der Waals surface area contributed by atoms with Crippen molar-refractivity contribution in [2.24, 2.45) is 5.92 Å². The maximum Gasteiger partial charge on any atom is 0.129 e. The van der Waals surface area contributed by atoms with Crippen LogP contribution in [0, 0.1) is 11.7 Å². The van der Waals surface area contributed by atoms with E-state index in [1.165, 1.54) is 0 Å². The van der Waals surface area contributed by atoms with E-state index >= 15 is 0 Å². The van der Waals surface area contributed by atoms with Gasteiger partial charge in [-0.15, -0.1) is 0 Å². The maximum absolute atomic E-state index is 14.2. The van der Waals surface area contributed by atoms with Crippen LogP contribution in [0.2, 0.25) is 0 Å². The van der Waals surface area contributed by atoms with Crippen molar-refractivity contribution in [3.8, 4) is 0 Å². The monoisotopic (exact) mass is 312 g/mol. The first-order valence-corrected chi connectivity index (χ1v) is 9.06. The van der Waals surface area contributed by atoms with Crippen LogP contribution >= 0.6 is 11.8 Å². The van der Waals surface area contributed by atoms with E-state index in [1.807, 2.05) is 17.8 Å². The van der Waals surface area contributed by atoms with Crippen molar-refractivity contribution < 1.29 is 4.39 Å². The van der Waals surface area contributed by atoms with Gasteiger partial charge in [0, 0.05) is 30.9 Å². The van der Waals surface area contributed by atoms with E-state index in [9.17, 15) is 4.39 Å². The van der Waals surface area contributed by atoms with Gasteiger partial charge < -0.3 is 10.2 Å². The molecule has 0 fully saturated rings. The van der Waals surface area contributed by atoms with Gasteiger partial charge in [0.2, 0.25) is 0 Å². The van der Waals surface area contributed by atoms with Crippen LogP contribution in [0.3, 0.4) is 0 Å². The number of rotatable bonds is 9. The van der Waals surface area contributed by atoms with Crippen LogP contribution in [-0.2, 0) is 6.54 Å². The number of benzene rings is 1. The molecule has 2 nitrogen and oxygen atoms in total. The van der Waals surface area contributed by atoms with Crippen LogP contribution in [0.1, 0.15) is 32.8 Å². The lowest BCUT2D eigenvalue weighted by Gasteiger charge is -2.29. The summed E-state index contributed by atoms with van der Waals surface area (Å²) < 4.78 is 14.2. The van der Waals surface area contributed by atoms with Crippen LogP contribution < -0.4 is 10.2 Å². The number of thioether (sulfide) groups is 1. The summed E-state index contributed by atoms with van der Waals surface area (Å²) in [6.45, 7) is 8.00. The van der Waals surface area contributed by atoms with Crippen molar-refractivity contribution in [1.29, 1.82) is 0 Å². The second kappa shape index (κ2) is 9.31. The summed E-state index contributed by atoms with van der Waals surface area (Å²) in [7, 11) is 2.06. The van der Waals surface area contributed by atoms with E-state index in [2.05, 4.69) is 44.3 Å². The smallest absolute Gasteiger partial charge is 0.129 e. The average Bonchev–Trinajstić information content (AvgIpc) is 2.45. The highest BCUT2D eigenvalue weighted by molar-refractivity contribution is 7.98. The van der Waals surface area contributed by atoms with Gasteiger partial charge in [0.25, 0.3) is 0 Å². The van der Waals surface area contributed by atoms with Gasteiger partial charge in [-0.2, -0.15) is 11.8 Å². The number of nitrogens with zero attached hydrogens (tertiary/aromatic N) is 1. The molecule has 0 aliphatic rings. The first-order chi connectivity index (χ1) is 9.97. The van der Waals surface area contributed by atoms with Crippen molar-refractivity contribution in [1.82, 2.24) is 5.32 Å². The van der Waals surface area contributed by atoms with Crippen molar-refractivity contribution in [3.05, 3.63) is 29.6 Å². The molecule has 0 aliphatic carbocycles. The Balaban J connectivity index is 2.82. The molecule has 1 aromatic rings. The van der Waals surface area contributed by atoms with Crippen molar-refractivity contribution in [2.75, 3.05) is 30.5 Å². The molecule has 120 valence electrons. The predicted octanol–water partition coefficient (Wildman–Crippen LogP) is 4.15. The zero-order valence-electron chi connectivity index (χ0n) is 13.9. The minimum absolute atomic E-state index is 0.118. The molecule has 0 aromatic heterocycles. The molecule has 0 radical (unpaired) electrons. The third-order valence-electron chi connectivity index (χ3n) is 3.73. The summed E-state index contributed by atoms with van der Waals surface area (Å²) >= 11 is 1.85. The van der Waals surface area contributed by atoms with E-state index < -0.39 is 0 Å². The zero-order chi connectivity index (χ0) is 15.8. The normalized spacial score (nSPS) is 12.7. The number of nitrogens with one attached hydrogen (secondary N) is 1. The molecule has 1 rings (SSSR count). The Morgan fingerprint density at radius 1 is 1.29 bits per heavy atom. The summed E-state index contributed by atoms with van der Waals surface area (Å²) in [4.78, 5) is 2.20. The molecule has 0 heterocycles. The van der Waals surface area contributed by atoms with Gasteiger partial charge in [0.15, 0.2) is 0 Å². The number of hydrogen-bond acceptors (Lipinski definition) is 3. The molecule has 1 unspecified atom stereocenters. The molecule has 0 aliphatic heterocycles.